The Hall–Kier alpha value is -1.69. The van der Waals surface area contributed by atoms with Gasteiger partial charge in [-0.2, -0.15) is 0 Å². The minimum atomic E-state index is -0.0227. The third kappa shape index (κ3) is 4.89. The Labute approximate surface area is 142 Å². The molecule has 5 nitrogen and oxygen atoms in total. The summed E-state index contributed by atoms with van der Waals surface area (Å²) in [6.07, 6.45) is 3.76. The van der Waals surface area contributed by atoms with Crippen LogP contribution < -0.4 is 5.32 Å². The molecule has 1 fully saturated rings. The standard InChI is InChI=1S/C17H25N3O2S/c1-3-9-18-17(22)20-11-4-10-19(12-13-20)16(21)14-5-7-15(23-2)8-6-14/h5-8H,3-4,9-13H2,1-2H3,(H,18,22). The lowest BCUT2D eigenvalue weighted by Crippen LogP contribution is -2.42. The Morgan fingerprint density at radius 2 is 1.74 bits per heavy atom. The van der Waals surface area contributed by atoms with Crippen molar-refractivity contribution < 1.29 is 9.59 Å². The summed E-state index contributed by atoms with van der Waals surface area (Å²) >= 11 is 1.66. The first-order valence-corrected chi connectivity index (χ1v) is 9.34. The lowest BCUT2D eigenvalue weighted by Gasteiger charge is -2.22. The van der Waals surface area contributed by atoms with E-state index in [4.69, 9.17) is 0 Å². The number of urea groups is 1. The number of hydrogen-bond donors (Lipinski definition) is 1. The summed E-state index contributed by atoms with van der Waals surface area (Å²) in [6, 6.07) is 7.68. The first-order chi connectivity index (χ1) is 11.2. The molecule has 1 heterocycles. The van der Waals surface area contributed by atoms with Crippen molar-refractivity contribution in [1.29, 1.82) is 0 Å². The van der Waals surface area contributed by atoms with E-state index in [2.05, 4.69) is 5.32 Å². The zero-order valence-electron chi connectivity index (χ0n) is 13.9. The number of carbonyl (C=O) groups is 2. The number of amides is 3. The lowest BCUT2D eigenvalue weighted by atomic mass is 10.2. The average Bonchev–Trinajstić information content (AvgIpc) is 2.85. The first kappa shape index (κ1) is 17.7. The fourth-order valence-electron chi connectivity index (χ4n) is 2.58. The molecule has 0 unspecified atom stereocenters. The van der Waals surface area contributed by atoms with Crippen LogP contribution in [0.4, 0.5) is 4.79 Å². The molecule has 0 aromatic heterocycles. The van der Waals surface area contributed by atoms with E-state index in [0.717, 1.165) is 17.7 Å². The van der Waals surface area contributed by atoms with E-state index in [-0.39, 0.29) is 11.9 Å². The van der Waals surface area contributed by atoms with Gasteiger partial charge < -0.3 is 15.1 Å². The van der Waals surface area contributed by atoms with Crippen LogP contribution in [0.1, 0.15) is 30.1 Å². The highest BCUT2D eigenvalue weighted by atomic mass is 32.2. The molecule has 1 aliphatic rings. The van der Waals surface area contributed by atoms with E-state index in [9.17, 15) is 9.59 Å². The summed E-state index contributed by atoms with van der Waals surface area (Å²) < 4.78 is 0. The molecule has 0 bridgehead atoms. The second-order valence-corrected chi connectivity index (χ2v) is 6.47. The molecule has 0 spiro atoms. The highest BCUT2D eigenvalue weighted by Crippen LogP contribution is 2.16. The van der Waals surface area contributed by atoms with Crippen LogP contribution in [0.2, 0.25) is 0 Å². The van der Waals surface area contributed by atoms with Crippen LogP contribution in [-0.4, -0.2) is 60.7 Å². The summed E-state index contributed by atoms with van der Waals surface area (Å²) in [5, 5.41) is 2.90. The predicted octanol–water partition coefficient (Wildman–Crippen LogP) is 2.68. The first-order valence-electron chi connectivity index (χ1n) is 8.11. The summed E-state index contributed by atoms with van der Waals surface area (Å²) in [6.45, 7) is 5.30. The topological polar surface area (TPSA) is 52.7 Å². The fraction of sp³-hybridized carbons (Fsp3) is 0.529. The quantitative estimate of drug-likeness (QED) is 0.861. The number of rotatable bonds is 4. The van der Waals surface area contributed by atoms with Gasteiger partial charge in [-0.15, -0.1) is 11.8 Å². The minimum absolute atomic E-state index is 0.0227. The van der Waals surface area contributed by atoms with E-state index < -0.39 is 0 Å². The van der Waals surface area contributed by atoms with Crippen LogP contribution in [0.15, 0.2) is 29.2 Å². The van der Waals surface area contributed by atoms with E-state index in [1.54, 1.807) is 16.7 Å². The van der Waals surface area contributed by atoms with Crippen molar-refractivity contribution in [3.05, 3.63) is 29.8 Å². The smallest absolute Gasteiger partial charge is 0.317 e. The van der Waals surface area contributed by atoms with E-state index in [1.165, 1.54) is 0 Å². The van der Waals surface area contributed by atoms with Crippen molar-refractivity contribution in [2.75, 3.05) is 39.0 Å². The molecular formula is C17H25N3O2S. The lowest BCUT2D eigenvalue weighted by molar-refractivity contribution is 0.0762. The van der Waals surface area contributed by atoms with Crippen LogP contribution in [0.25, 0.3) is 0 Å². The molecule has 6 heteroatoms. The Morgan fingerprint density at radius 1 is 1.09 bits per heavy atom. The molecule has 126 valence electrons. The number of thioether (sulfide) groups is 1. The minimum Gasteiger partial charge on any atom is -0.338 e. The van der Waals surface area contributed by atoms with Gasteiger partial charge in [-0.3, -0.25) is 4.79 Å². The third-order valence-corrected chi connectivity index (χ3v) is 4.68. The van der Waals surface area contributed by atoms with Crippen molar-refractivity contribution in [1.82, 2.24) is 15.1 Å². The van der Waals surface area contributed by atoms with Crippen molar-refractivity contribution in [3.8, 4) is 0 Å². The zero-order valence-corrected chi connectivity index (χ0v) is 14.7. The van der Waals surface area contributed by atoms with Crippen LogP contribution >= 0.6 is 11.8 Å². The van der Waals surface area contributed by atoms with Gasteiger partial charge in [0.05, 0.1) is 0 Å². The van der Waals surface area contributed by atoms with Crippen LogP contribution in [0.5, 0.6) is 0 Å². The van der Waals surface area contributed by atoms with Gasteiger partial charge in [0.15, 0.2) is 0 Å². The SMILES string of the molecule is CCCNC(=O)N1CCCN(C(=O)c2ccc(SC)cc2)CC1. The van der Waals surface area contributed by atoms with Gasteiger partial charge in [0, 0.05) is 43.2 Å². The summed E-state index contributed by atoms with van der Waals surface area (Å²) in [4.78, 5) is 29.4. The molecule has 0 radical (unpaired) electrons. The van der Waals surface area contributed by atoms with E-state index in [1.807, 2.05) is 42.3 Å². The summed E-state index contributed by atoms with van der Waals surface area (Å²) in [5.74, 6) is 0.0495. The second kappa shape index (κ2) is 8.82. The molecule has 3 amide bonds. The number of nitrogens with one attached hydrogen (secondary N) is 1. The molecule has 0 saturated carbocycles. The average molecular weight is 335 g/mol. The molecule has 23 heavy (non-hydrogen) atoms. The Kier molecular flexibility index (Phi) is 6.77. The van der Waals surface area contributed by atoms with Gasteiger partial charge in [0.1, 0.15) is 0 Å². The number of carbonyl (C=O) groups excluding carboxylic acids is 2. The Bertz CT molecular complexity index is 533. The highest BCUT2D eigenvalue weighted by molar-refractivity contribution is 7.98. The maximum absolute atomic E-state index is 12.6. The fourth-order valence-corrected chi connectivity index (χ4v) is 2.99. The molecular weight excluding hydrogens is 310 g/mol. The molecule has 1 aromatic carbocycles. The van der Waals surface area contributed by atoms with Crippen molar-refractivity contribution in [3.63, 3.8) is 0 Å². The van der Waals surface area contributed by atoms with Gasteiger partial charge in [0.2, 0.25) is 0 Å². The second-order valence-electron chi connectivity index (χ2n) is 5.59. The van der Waals surface area contributed by atoms with Crippen molar-refractivity contribution >= 4 is 23.7 Å². The number of hydrogen-bond acceptors (Lipinski definition) is 3. The number of benzene rings is 1. The van der Waals surface area contributed by atoms with Gasteiger partial charge in [-0.05, 0) is 43.4 Å². The maximum atomic E-state index is 12.6. The van der Waals surface area contributed by atoms with Crippen molar-refractivity contribution in [2.24, 2.45) is 0 Å². The third-order valence-electron chi connectivity index (χ3n) is 3.93. The van der Waals surface area contributed by atoms with E-state index >= 15 is 0 Å². The molecule has 1 aromatic rings. The Morgan fingerprint density at radius 3 is 2.39 bits per heavy atom. The summed E-state index contributed by atoms with van der Waals surface area (Å²) in [5.41, 5.74) is 0.715. The molecule has 0 aliphatic carbocycles. The van der Waals surface area contributed by atoms with Gasteiger partial charge >= 0.3 is 6.03 Å². The van der Waals surface area contributed by atoms with Gasteiger partial charge in [0.25, 0.3) is 5.91 Å². The monoisotopic (exact) mass is 335 g/mol. The normalized spacial score (nSPS) is 15.2. The predicted molar refractivity (Wildman–Crippen MR) is 94.0 cm³/mol. The zero-order chi connectivity index (χ0) is 16.7. The van der Waals surface area contributed by atoms with E-state index in [0.29, 0.717) is 38.3 Å². The van der Waals surface area contributed by atoms with Crippen LogP contribution in [-0.2, 0) is 0 Å². The molecule has 2 rings (SSSR count). The van der Waals surface area contributed by atoms with Crippen LogP contribution in [0, 0.1) is 0 Å². The maximum Gasteiger partial charge on any atom is 0.317 e. The Balaban J connectivity index is 1.93. The highest BCUT2D eigenvalue weighted by Gasteiger charge is 2.22. The molecule has 0 atom stereocenters. The summed E-state index contributed by atoms with van der Waals surface area (Å²) in [7, 11) is 0. The van der Waals surface area contributed by atoms with Crippen LogP contribution in [0.3, 0.4) is 0 Å². The molecule has 1 N–H and O–H groups in total. The number of nitrogens with zero attached hydrogens (tertiary/aromatic N) is 2. The molecule has 1 saturated heterocycles. The van der Waals surface area contributed by atoms with Crippen molar-refractivity contribution in [2.45, 2.75) is 24.7 Å². The van der Waals surface area contributed by atoms with Gasteiger partial charge in [-0.25, -0.2) is 4.79 Å². The van der Waals surface area contributed by atoms with Gasteiger partial charge in [-0.1, -0.05) is 6.92 Å². The molecule has 1 aliphatic heterocycles. The largest absolute Gasteiger partial charge is 0.338 e.